The first kappa shape index (κ1) is 10.3. The molecule has 0 radical (unpaired) electrons. The Kier molecular flexibility index (Phi) is 2.83. The lowest BCUT2D eigenvalue weighted by Crippen LogP contribution is -1.90. The van der Waals surface area contributed by atoms with Crippen molar-refractivity contribution in [1.29, 1.82) is 0 Å². The second-order valence-electron chi connectivity index (χ2n) is 2.90. The van der Waals surface area contributed by atoms with E-state index in [4.69, 9.17) is 0 Å². The summed E-state index contributed by atoms with van der Waals surface area (Å²) in [5.41, 5.74) is 0.796. The van der Waals surface area contributed by atoms with E-state index in [0.717, 1.165) is 9.35 Å². The highest BCUT2D eigenvalue weighted by atomic mass is 79.9. The smallest absolute Gasteiger partial charge is 0.258 e. The zero-order chi connectivity index (χ0) is 10.8. The third-order valence-electron chi connectivity index (χ3n) is 1.94. The molecule has 0 aliphatic heterocycles. The maximum absolute atomic E-state index is 10.8. The normalized spacial score (nSPS) is 10.2. The second kappa shape index (κ2) is 4.12. The maximum Gasteiger partial charge on any atom is 0.278 e. The van der Waals surface area contributed by atoms with E-state index >= 15 is 0 Å². The number of nitrogens with zero attached hydrogens (tertiary/aromatic N) is 1. The quantitative estimate of drug-likeness (QED) is 0.616. The lowest BCUT2D eigenvalue weighted by Gasteiger charge is -2.00. The third kappa shape index (κ3) is 2.08. The fourth-order valence-electron chi connectivity index (χ4n) is 1.30. The van der Waals surface area contributed by atoms with Crippen LogP contribution in [-0.4, -0.2) is 4.92 Å². The SMILES string of the molecule is O=[N+]([O-])c1ccc(Br)cc1-c1cccs1. The van der Waals surface area contributed by atoms with Crippen LogP contribution in [0, 0.1) is 10.1 Å². The van der Waals surface area contributed by atoms with Crippen LogP contribution in [0.3, 0.4) is 0 Å². The fraction of sp³-hybridized carbons (Fsp3) is 0. The molecule has 1 aromatic heterocycles. The van der Waals surface area contributed by atoms with Gasteiger partial charge in [-0.25, -0.2) is 0 Å². The summed E-state index contributed by atoms with van der Waals surface area (Å²) in [7, 11) is 0. The molecule has 0 aliphatic rings. The van der Waals surface area contributed by atoms with Crippen molar-refractivity contribution < 1.29 is 4.92 Å². The Hall–Kier alpha value is -1.20. The van der Waals surface area contributed by atoms with Gasteiger partial charge in [0, 0.05) is 15.4 Å². The number of nitro benzene ring substituents is 1. The lowest BCUT2D eigenvalue weighted by atomic mass is 10.1. The van der Waals surface area contributed by atoms with Crippen molar-refractivity contribution in [1.82, 2.24) is 0 Å². The first-order chi connectivity index (χ1) is 7.18. The minimum Gasteiger partial charge on any atom is -0.258 e. The summed E-state index contributed by atoms with van der Waals surface area (Å²) in [6.45, 7) is 0. The van der Waals surface area contributed by atoms with Crippen LogP contribution < -0.4 is 0 Å². The molecule has 0 amide bonds. The van der Waals surface area contributed by atoms with E-state index in [1.54, 1.807) is 12.1 Å². The van der Waals surface area contributed by atoms with Crippen LogP contribution >= 0.6 is 27.3 Å². The van der Waals surface area contributed by atoms with E-state index in [9.17, 15) is 10.1 Å². The molecule has 0 bridgehead atoms. The Bertz CT molecular complexity index is 496. The number of rotatable bonds is 2. The number of thiophene rings is 1. The number of nitro groups is 1. The molecule has 2 rings (SSSR count). The zero-order valence-electron chi connectivity index (χ0n) is 7.51. The average molecular weight is 284 g/mol. The van der Waals surface area contributed by atoms with Gasteiger partial charge in [-0.2, -0.15) is 0 Å². The first-order valence-corrected chi connectivity index (χ1v) is 5.83. The van der Waals surface area contributed by atoms with Crippen molar-refractivity contribution in [3.8, 4) is 10.4 Å². The van der Waals surface area contributed by atoms with Gasteiger partial charge in [-0.1, -0.05) is 22.0 Å². The summed E-state index contributed by atoms with van der Waals surface area (Å²) < 4.78 is 0.844. The minimum absolute atomic E-state index is 0.139. The van der Waals surface area contributed by atoms with Crippen molar-refractivity contribution in [2.24, 2.45) is 0 Å². The highest BCUT2D eigenvalue weighted by Crippen LogP contribution is 2.34. The Labute approximate surface area is 98.6 Å². The van der Waals surface area contributed by atoms with Gasteiger partial charge in [0.15, 0.2) is 0 Å². The van der Waals surface area contributed by atoms with Crippen molar-refractivity contribution in [3.63, 3.8) is 0 Å². The van der Waals surface area contributed by atoms with Gasteiger partial charge in [0.25, 0.3) is 5.69 Å². The molecule has 2 aromatic rings. The third-order valence-corrected chi connectivity index (χ3v) is 3.34. The largest absolute Gasteiger partial charge is 0.278 e. The summed E-state index contributed by atoms with van der Waals surface area (Å²) >= 11 is 4.80. The monoisotopic (exact) mass is 283 g/mol. The van der Waals surface area contributed by atoms with E-state index in [1.807, 2.05) is 17.5 Å². The molecular weight excluding hydrogens is 278 g/mol. The molecule has 15 heavy (non-hydrogen) atoms. The summed E-state index contributed by atoms with van der Waals surface area (Å²) in [4.78, 5) is 11.4. The van der Waals surface area contributed by atoms with Crippen LogP contribution in [0.25, 0.3) is 10.4 Å². The number of halogens is 1. The molecule has 0 fully saturated rings. The van der Waals surface area contributed by atoms with Crippen molar-refractivity contribution in [3.05, 3.63) is 50.3 Å². The Morgan fingerprint density at radius 1 is 1.33 bits per heavy atom. The molecule has 0 unspecified atom stereocenters. The van der Waals surface area contributed by atoms with Crippen LogP contribution in [0.5, 0.6) is 0 Å². The predicted molar refractivity (Wildman–Crippen MR) is 64.1 cm³/mol. The fourth-order valence-corrected chi connectivity index (χ4v) is 2.41. The Balaban J connectivity index is 2.63. The topological polar surface area (TPSA) is 43.1 Å². The van der Waals surface area contributed by atoms with Crippen LogP contribution in [-0.2, 0) is 0 Å². The molecule has 5 heteroatoms. The average Bonchev–Trinajstić information content (AvgIpc) is 2.69. The molecule has 3 nitrogen and oxygen atoms in total. The molecule has 0 saturated carbocycles. The molecule has 0 aliphatic carbocycles. The molecular formula is C10H6BrNO2S. The Morgan fingerprint density at radius 2 is 2.13 bits per heavy atom. The molecule has 76 valence electrons. The van der Waals surface area contributed by atoms with Gasteiger partial charge >= 0.3 is 0 Å². The van der Waals surface area contributed by atoms with Gasteiger partial charge in [-0.05, 0) is 23.6 Å². The van der Waals surface area contributed by atoms with Gasteiger partial charge < -0.3 is 0 Å². The number of hydrogen-bond donors (Lipinski definition) is 0. The lowest BCUT2D eigenvalue weighted by molar-refractivity contribution is -0.384. The second-order valence-corrected chi connectivity index (χ2v) is 4.76. The van der Waals surface area contributed by atoms with Crippen LogP contribution in [0.4, 0.5) is 5.69 Å². The summed E-state index contributed by atoms with van der Waals surface area (Å²) in [6.07, 6.45) is 0. The van der Waals surface area contributed by atoms with Gasteiger partial charge in [0.1, 0.15) is 0 Å². The molecule has 0 spiro atoms. The zero-order valence-corrected chi connectivity index (χ0v) is 9.92. The van der Waals surface area contributed by atoms with Gasteiger partial charge in [0.05, 0.1) is 10.5 Å². The molecule has 1 heterocycles. The van der Waals surface area contributed by atoms with Gasteiger partial charge in [0.2, 0.25) is 0 Å². The predicted octanol–water partition coefficient (Wildman–Crippen LogP) is 4.09. The van der Waals surface area contributed by atoms with Gasteiger partial charge in [-0.3, -0.25) is 10.1 Å². The van der Waals surface area contributed by atoms with Crippen molar-refractivity contribution in [2.45, 2.75) is 0 Å². The van der Waals surface area contributed by atoms with E-state index < -0.39 is 0 Å². The molecule has 0 saturated heterocycles. The summed E-state index contributed by atoms with van der Waals surface area (Å²) in [5.74, 6) is 0. The molecule has 0 N–H and O–H groups in total. The minimum atomic E-state index is -0.360. The molecule has 0 atom stereocenters. The van der Waals surface area contributed by atoms with E-state index in [-0.39, 0.29) is 10.6 Å². The standard InChI is InChI=1S/C10H6BrNO2S/c11-7-3-4-9(12(13)14)8(6-7)10-2-1-5-15-10/h1-6H. The van der Waals surface area contributed by atoms with Crippen molar-refractivity contribution >= 4 is 33.0 Å². The highest BCUT2D eigenvalue weighted by Gasteiger charge is 2.15. The van der Waals surface area contributed by atoms with Gasteiger partial charge in [-0.15, -0.1) is 11.3 Å². The van der Waals surface area contributed by atoms with E-state index in [2.05, 4.69) is 15.9 Å². The maximum atomic E-state index is 10.8. The summed E-state index contributed by atoms with van der Waals surface area (Å²) in [6, 6.07) is 8.71. The number of hydrogen-bond acceptors (Lipinski definition) is 3. The first-order valence-electron chi connectivity index (χ1n) is 4.16. The van der Waals surface area contributed by atoms with Crippen LogP contribution in [0.2, 0.25) is 0 Å². The highest BCUT2D eigenvalue weighted by molar-refractivity contribution is 9.10. The van der Waals surface area contributed by atoms with Crippen LogP contribution in [0.15, 0.2) is 40.2 Å². The van der Waals surface area contributed by atoms with Crippen molar-refractivity contribution in [2.75, 3.05) is 0 Å². The Morgan fingerprint density at radius 3 is 2.73 bits per heavy atom. The van der Waals surface area contributed by atoms with E-state index in [0.29, 0.717) is 5.56 Å². The summed E-state index contributed by atoms with van der Waals surface area (Å²) in [5, 5.41) is 12.7. The molecule has 1 aromatic carbocycles. The van der Waals surface area contributed by atoms with E-state index in [1.165, 1.54) is 17.4 Å². The number of benzene rings is 1. The van der Waals surface area contributed by atoms with Crippen LogP contribution in [0.1, 0.15) is 0 Å².